The molecule has 1 aromatic rings. The fourth-order valence-corrected chi connectivity index (χ4v) is 2.75. The van der Waals surface area contributed by atoms with Crippen molar-refractivity contribution in [3.63, 3.8) is 0 Å². The smallest absolute Gasteiger partial charge is 0.335 e. The van der Waals surface area contributed by atoms with Crippen LogP contribution in [0.1, 0.15) is 21.5 Å². The van der Waals surface area contributed by atoms with Gasteiger partial charge in [0.1, 0.15) is 0 Å². The molecule has 2 N–H and O–H groups in total. The molecule has 0 saturated carbocycles. The molecular weight excluding hydrogens is 254 g/mol. The number of aryl methyl sites for hydroxylation is 2. The summed E-state index contributed by atoms with van der Waals surface area (Å²) in [4.78, 5) is 10.9. The van der Waals surface area contributed by atoms with Crippen LogP contribution in [0.5, 0.6) is 0 Å². The van der Waals surface area contributed by atoms with Crippen molar-refractivity contribution in [3.8, 4) is 12.3 Å². The maximum absolute atomic E-state index is 11.9. The lowest BCUT2D eigenvalue weighted by molar-refractivity contribution is 0.0696. The zero-order valence-corrected chi connectivity index (χ0v) is 10.8. The largest absolute Gasteiger partial charge is 0.478 e. The van der Waals surface area contributed by atoms with Crippen molar-refractivity contribution in [1.29, 1.82) is 0 Å². The van der Waals surface area contributed by atoms with Crippen molar-refractivity contribution in [2.45, 2.75) is 18.7 Å². The van der Waals surface area contributed by atoms with Crippen LogP contribution in [-0.2, 0) is 10.0 Å². The van der Waals surface area contributed by atoms with Gasteiger partial charge in [0.25, 0.3) is 0 Å². The van der Waals surface area contributed by atoms with Crippen molar-refractivity contribution in [2.24, 2.45) is 0 Å². The van der Waals surface area contributed by atoms with E-state index in [4.69, 9.17) is 11.5 Å². The predicted molar refractivity (Wildman–Crippen MR) is 66.9 cm³/mol. The van der Waals surface area contributed by atoms with E-state index < -0.39 is 16.0 Å². The number of sulfonamides is 1. The number of hydrogen-bond acceptors (Lipinski definition) is 3. The minimum Gasteiger partial charge on any atom is -0.478 e. The first-order chi connectivity index (χ1) is 8.29. The molecule has 0 fully saturated rings. The first kappa shape index (κ1) is 14.2. The highest BCUT2D eigenvalue weighted by Gasteiger charge is 2.19. The average molecular weight is 267 g/mol. The molecule has 0 aliphatic rings. The van der Waals surface area contributed by atoms with Gasteiger partial charge in [-0.1, -0.05) is 12.0 Å². The third kappa shape index (κ3) is 2.88. The van der Waals surface area contributed by atoms with Crippen LogP contribution in [-0.4, -0.2) is 26.0 Å². The Labute approximate surface area is 106 Å². The summed E-state index contributed by atoms with van der Waals surface area (Å²) in [6.07, 6.45) is 4.98. The lowest BCUT2D eigenvalue weighted by atomic mass is 10.1. The first-order valence-corrected chi connectivity index (χ1v) is 6.55. The van der Waals surface area contributed by atoms with E-state index in [2.05, 4.69) is 10.6 Å². The Morgan fingerprint density at radius 1 is 1.39 bits per heavy atom. The molecule has 0 amide bonds. The van der Waals surface area contributed by atoms with Gasteiger partial charge < -0.3 is 5.11 Å². The number of carboxylic acid groups (broad SMARTS) is 1. The van der Waals surface area contributed by atoms with E-state index in [1.54, 1.807) is 13.8 Å². The van der Waals surface area contributed by atoms with Crippen LogP contribution < -0.4 is 4.72 Å². The molecule has 0 aromatic heterocycles. The summed E-state index contributed by atoms with van der Waals surface area (Å²) < 4.78 is 26.0. The average Bonchev–Trinajstić information content (AvgIpc) is 2.25. The monoisotopic (exact) mass is 267 g/mol. The van der Waals surface area contributed by atoms with Crippen LogP contribution in [0, 0.1) is 26.2 Å². The minimum atomic E-state index is -3.78. The highest BCUT2D eigenvalue weighted by molar-refractivity contribution is 7.89. The topological polar surface area (TPSA) is 83.5 Å². The van der Waals surface area contributed by atoms with Crippen LogP contribution in [0.25, 0.3) is 0 Å². The molecule has 0 radical (unpaired) electrons. The molecule has 6 heteroatoms. The number of aromatic carboxylic acids is 1. The van der Waals surface area contributed by atoms with Crippen LogP contribution in [0.15, 0.2) is 17.0 Å². The number of nitrogens with one attached hydrogen (secondary N) is 1. The number of carbonyl (C=O) groups is 1. The fraction of sp³-hybridized carbons (Fsp3) is 0.250. The second-order valence-corrected chi connectivity index (χ2v) is 5.50. The number of benzene rings is 1. The van der Waals surface area contributed by atoms with Gasteiger partial charge in [-0.05, 0) is 31.0 Å². The standard InChI is InChI=1S/C12H13NO4S/c1-4-5-13-18(16,17)11-7-10(12(14)15)8(2)6-9(11)3/h1,6-7,13H,5H2,2-3H3,(H,14,15). The molecule has 1 rings (SSSR count). The Morgan fingerprint density at radius 2 is 2.00 bits per heavy atom. The van der Waals surface area contributed by atoms with E-state index in [-0.39, 0.29) is 17.0 Å². The van der Waals surface area contributed by atoms with Crippen LogP contribution in [0.2, 0.25) is 0 Å². The Balaban J connectivity index is 3.38. The van der Waals surface area contributed by atoms with Gasteiger partial charge in [-0.3, -0.25) is 0 Å². The van der Waals surface area contributed by atoms with Gasteiger partial charge in [-0.25, -0.2) is 13.2 Å². The zero-order valence-electron chi connectivity index (χ0n) is 10.0. The lowest BCUT2D eigenvalue weighted by Crippen LogP contribution is -2.25. The molecule has 0 atom stereocenters. The third-order valence-corrected chi connectivity index (χ3v) is 3.95. The second-order valence-electron chi connectivity index (χ2n) is 3.77. The van der Waals surface area contributed by atoms with Gasteiger partial charge in [0.2, 0.25) is 10.0 Å². The summed E-state index contributed by atoms with van der Waals surface area (Å²) in [5, 5.41) is 8.98. The Hall–Kier alpha value is -1.84. The molecule has 0 aliphatic carbocycles. The molecule has 0 aliphatic heterocycles. The Kier molecular flexibility index (Phi) is 4.11. The number of carboxylic acids is 1. The maximum Gasteiger partial charge on any atom is 0.335 e. The van der Waals surface area contributed by atoms with Gasteiger partial charge in [0.05, 0.1) is 17.0 Å². The van der Waals surface area contributed by atoms with Crippen LogP contribution >= 0.6 is 0 Å². The molecule has 0 spiro atoms. The summed E-state index contributed by atoms with van der Waals surface area (Å²) in [5.74, 6) is 0.989. The Morgan fingerprint density at radius 3 is 2.50 bits per heavy atom. The van der Waals surface area contributed by atoms with Crippen molar-refractivity contribution in [2.75, 3.05) is 6.54 Å². The highest BCUT2D eigenvalue weighted by atomic mass is 32.2. The maximum atomic E-state index is 11.9. The summed E-state index contributed by atoms with van der Waals surface area (Å²) >= 11 is 0. The van der Waals surface area contributed by atoms with E-state index in [0.29, 0.717) is 11.1 Å². The lowest BCUT2D eigenvalue weighted by Gasteiger charge is -2.10. The summed E-state index contributed by atoms with van der Waals surface area (Å²) in [5.41, 5.74) is 0.944. The summed E-state index contributed by atoms with van der Waals surface area (Å²) in [6.45, 7) is 3.07. The van der Waals surface area contributed by atoms with Gasteiger partial charge in [-0.15, -0.1) is 6.42 Å². The summed E-state index contributed by atoms with van der Waals surface area (Å²) in [7, 11) is -3.78. The predicted octanol–water partition coefficient (Wildman–Crippen LogP) is 0.913. The van der Waals surface area contributed by atoms with Gasteiger partial charge in [0.15, 0.2) is 0 Å². The minimum absolute atomic E-state index is 0.0401. The second kappa shape index (κ2) is 5.21. The zero-order chi connectivity index (χ0) is 13.9. The van der Waals surface area contributed by atoms with Crippen LogP contribution in [0.3, 0.4) is 0 Å². The van der Waals surface area contributed by atoms with Crippen LogP contribution in [0.4, 0.5) is 0 Å². The molecule has 0 bridgehead atoms. The molecule has 1 aromatic carbocycles. The normalized spacial score (nSPS) is 10.9. The first-order valence-electron chi connectivity index (χ1n) is 5.07. The SMILES string of the molecule is C#CCNS(=O)(=O)c1cc(C(=O)O)c(C)cc1C. The van der Waals surface area contributed by atoms with E-state index in [1.807, 2.05) is 0 Å². The molecule has 0 saturated heterocycles. The number of terminal acetylenes is 1. The van der Waals surface area contributed by atoms with Gasteiger partial charge >= 0.3 is 5.97 Å². The summed E-state index contributed by atoms with van der Waals surface area (Å²) in [6, 6.07) is 2.67. The van der Waals surface area contributed by atoms with Crippen molar-refractivity contribution in [3.05, 3.63) is 28.8 Å². The quantitative estimate of drug-likeness (QED) is 0.794. The van der Waals surface area contributed by atoms with Crippen molar-refractivity contribution < 1.29 is 18.3 Å². The third-order valence-electron chi connectivity index (χ3n) is 2.41. The Bertz CT molecular complexity index is 626. The molecule has 0 heterocycles. The van der Waals surface area contributed by atoms with E-state index >= 15 is 0 Å². The molecule has 5 nitrogen and oxygen atoms in total. The van der Waals surface area contributed by atoms with E-state index in [9.17, 15) is 13.2 Å². The molecular formula is C12H13NO4S. The number of hydrogen-bond donors (Lipinski definition) is 2. The highest BCUT2D eigenvalue weighted by Crippen LogP contribution is 2.20. The van der Waals surface area contributed by atoms with E-state index in [0.717, 1.165) is 6.07 Å². The molecule has 18 heavy (non-hydrogen) atoms. The van der Waals surface area contributed by atoms with Crippen molar-refractivity contribution >= 4 is 16.0 Å². The van der Waals surface area contributed by atoms with Crippen molar-refractivity contribution in [1.82, 2.24) is 4.72 Å². The van der Waals surface area contributed by atoms with Gasteiger partial charge in [-0.2, -0.15) is 4.72 Å². The van der Waals surface area contributed by atoms with Gasteiger partial charge in [0, 0.05) is 0 Å². The molecule has 0 unspecified atom stereocenters. The van der Waals surface area contributed by atoms with E-state index in [1.165, 1.54) is 6.07 Å². The number of rotatable bonds is 4. The fourth-order valence-electron chi connectivity index (χ4n) is 1.57. The molecule has 96 valence electrons.